The number of benzene rings is 1. The molecule has 0 amide bonds. The average molecular weight is 355 g/mol. The SMILES string of the molecule is CC.CC.CCC(C)C(=O)OCC1C2=C(C=CCC=C2)c2ccccc21. The third-order valence-electron chi connectivity index (χ3n) is 4.57. The molecule has 0 radical (unpaired) electrons. The van der Waals surface area contributed by atoms with Crippen molar-refractivity contribution < 1.29 is 9.53 Å². The van der Waals surface area contributed by atoms with E-state index in [1.807, 2.05) is 41.5 Å². The summed E-state index contributed by atoms with van der Waals surface area (Å²) in [5.74, 6) is 0.0232. The smallest absolute Gasteiger partial charge is 0.308 e. The number of hydrogen-bond donors (Lipinski definition) is 0. The predicted octanol–water partition coefficient (Wildman–Crippen LogP) is 6.70. The highest BCUT2D eigenvalue weighted by Crippen LogP contribution is 2.44. The Morgan fingerprint density at radius 3 is 2.46 bits per heavy atom. The molecule has 1 aromatic carbocycles. The van der Waals surface area contributed by atoms with Gasteiger partial charge in [0, 0.05) is 5.92 Å². The van der Waals surface area contributed by atoms with Gasteiger partial charge in [-0.05, 0) is 35.1 Å². The molecule has 0 saturated carbocycles. The van der Waals surface area contributed by atoms with Crippen LogP contribution in [0.5, 0.6) is 0 Å². The Kier molecular flexibility index (Phi) is 9.72. The van der Waals surface area contributed by atoms with Crippen LogP contribution >= 0.6 is 0 Å². The Morgan fingerprint density at radius 1 is 1.12 bits per heavy atom. The summed E-state index contributed by atoms with van der Waals surface area (Å²) in [4.78, 5) is 12.0. The van der Waals surface area contributed by atoms with E-state index in [1.54, 1.807) is 0 Å². The highest BCUT2D eigenvalue weighted by Gasteiger charge is 2.30. The second kappa shape index (κ2) is 11.5. The molecule has 2 atom stereocenters. The first-order chi connectivity index (χ1) is 12.7. The van der Waals surface area contributed by atoms with Crippen LogP contribution in [0.1, 0.15) is 71.4 Å². The van der Waals surface area contributed by atoms with Gasteiger partial charge in [-0.1, -0.05) is 90.1 Å². The van der Waals surface area contributed by atoms with E-state index in [0.29, 0.717) is 6.61 Å². The number of ether oxygens (including phenoxy) is 1. The third-order valence-corrected chi connectivity index (χ3v) is 4.57. The summed E-state index contributed by atoms with van der Waals surface area (Å²) in [6.45, 7) is 12.4. The van der Waals surface area contributed by atoms with Crippen LogP contribution in [0.4, 0.5) is 0 Å². The van der Waals surface area contributed by atoms with E-state index >= 15 is 0 Å². The lowest BCUT2D eigenvalue weighted by atomic mass is 9.96. The van der Waals surface area contributed by atoms with Gasteiger partial charge in [-0.3, -0.25) is 4.79 Å². The van der Waals surface area contributed by atoms with Gasteiger partial charge in [-0.25, -0.2) is 0 Å². The van der Waals surface area contributed by atoms with Crippen LogP contribution in [0.25, 0.3) is 5.57 Å². The second-order valence-corrected chi connectivity index (χ2v) is 5.99. The van der Waals surface area contributed by atoms with Gasteiger partial charge in [0.1, 0.15) is 6.61 Å². The summed E-state index contributed by atoms with van der Waals surface area (Å²) in [6, 6.07) is 8.43. The number of carbonyl (C=O) groups is 1. The molecule has 0 fully saturated rings. The van der Waals surface area contributed by atoms with Gasteiger partial charge in [0.05, 0.1) is 5.92 Å². The Bertz CT molecular complexity index is 665. The lowest BCUT2D eigenvalue weighted by Crippen LogP contribution is -2.18. The topological polar surface area (TPSA) is 26.3 Å². The van der Waals surface area contributed by atoms with Gasteiger partial charge in [0.2, 0.25) is 0 Å². The van der Waals surface area contributed by atoms with E-state index in [9.17, 15) is 4.79 Å². The molecule has 0 bridgehead atoms. The van der Waals surface area contributed by atoms with E-state index in [2.05, 4.69) is 48.6 Å². The molecular formula is C24H34O2. The summed E-state index contributed by atoms with van der Waals surface area (Å²) in [7, 11) is 0. The number of hydrogen-bond acceptors (Lipinski definition) is 2. The van der Waals surface area contributed by atoms with Crippen LogP contribution in [0.15, 0.2) is 54.1 Å². The first kappa shape index (κ1) is 22.0. The standard InChI is InChI=1S/C20H22O2.2C2H6/c1-3-14(2)20(21)22-13-19-17-10-6-4-5-9-15(17)16-11-7-8-12-18(16)19;2*1-2/h5-12,14,19H,3-4,13H2,1-2H3;2*1-2H3. The van der Waals surface area contributed by atoms with E-state index in [1.165, 1.54) is 22.3 Å². The normalized spacial score (nSPS) is 17.7. The zero-order valence-electron chi connectivity index (χ0n) is 17.2. The number of esters is 1. The first-order valence-electron chi connectivity index (χ1n) is 10.1. The van der Waals surface area contributed by atoms with E-state index in [0.717, 1.165) is 12.8 Å². The highest BCUT2D eigenvalue weighted by molar-refractivity contribution is 5.86. The van der Waals surface area contributed by atoms with Crippen molar-refractivity contribution in [3.8, 4) is 0 Å². The van der Waals surface area contributed by atoms with Crippen molar-refractivity contribution in [2.24, 2.45) is 5.92 Å². The first-order valence-corrected chi connectivity index (χ1v) is 10.1. The largest absolute Gasteiger partial charge is 0.464 e. The van der Waals surface area contributed by atoms with Gasteiger partial charge in [-0.15, -0.1) is 0 Å². The monoisotopic (exact) mass is 354 g/mol. The lowest BCUT2D eigenvalue weighted by molar-refractivity contribution is -0.148. The second-order valence-electron chi connectivity index (χ2n) is 5.99. The fourth-order valence-electron chi connectivity index (χ4n) is 3.06. The van der Waals surface area contributed by atoms with Crippen LogP contribution in [0.2, 0.25) is 0 Å². The number of rotatable bonds is 4. The van der Waals surface area contributed by atoms with E-state index < -0.39 is 0 Å². The average Bonchev–Trinajstić information content (AvgIpc) is 2.85. The maximum Gasteiger partial charge on any atom is 0.308 e. The van der Waals surface area contributed by atoms with Crippen molar-refractivity contribution in [3.05, 3.63) is 65.3 Å². The van der Waals surface area contributed by atoms with Crippen molar-refractivity contribution in [3.63, 3.8) is 0 Å². The van der Waals surface area contributed by atoms with E-state index in [4.69, 9.17) is 4.74 Å². The number of carbonyl (C=O) groups excluding carboxylic acids is 1. The molecule has 0 spiro atoms. The fraction of sp³-hybridized carbons (Fsp3) is 0.458. The quantitative estimate of drug-likeness (QED) is 0.563. The predicted molar refractivity (Wildman–Crippen MR) is 112 cm³/mol. The molecule has 1 aromatic rings. The Morgan fingerprint density at radius 2 is 1.77 bits per heavy atom. The van der Waals surface area contributed by atoms with Crippen molar-refractivity contribution in [1.29, 1.82) is 0 Å². The Labute approximate surface area is 159 Å². The van der Waals surface area contributed by atoms with Crippen LogP contribution in [-0.2, 0) is 9.53 Å². The molecule has 2 heteroatoms. The van der Waals surface area contributed by atoms with Crippen molar-refractivity contribution >= 4 is 11.5 Å². The van der Waals surface area contributed by atoms with Crippen LogP contribution < -0.4 is 0 Å². The summed E-state index contributed by atoms with van der Waals surface area (Å²) in [6.07, 6.45) is 10.5. The molecule has 0 aliphatic heterocycles. The molecular weight excluding hydrogens is 320 g/mol. The third kappa shape index (κ3) is 4.97. The molecule has 0 saturated heterocycles. The number of fused-ring (bicyclic) bond motifs is 2. The molecule has 2 aliphatic carbocycles. The van der Waals surface area contributed by atoms with Gasteiger partial charge >= 0.3 is 5.97 Å². The minimum atomic E-state index is -0.0952. The van der Waals surface area contributed by atoms with Crippen molar-refractivity contribution in [2.45, 2.75) is 60.3 Å². The van der Waals surface area contributed by atoms with Crippen molar-refractivity contribution in [1.82, 2.24) is 0 Å². The summed E-state index contributed by atoms with van der Waals surface area (Å²) < 4.78 is 5.59. The van der Waals surface area contributed by atoms with Gasteiger partial charge < -0.3 is 4.74 Å². The maximum atomic E-state index is 12.0. The van der Waals surface area contributed by atoms with Crippen LogP contribution in [0.3, 0.4) is 0 Å². The molecule has 0 heterocycles. The molecule has 0 N–H and O–H groups in total. The zero-order chi connectivity index (χ0) is 19.5. The molecule has 2 nitrogen and oxygen atoms in total. The van der Waals surface area contributed by atoms with Gasteiger partial charge in [-0.2, -0.15) is 0 Å². The molecule has 26 heavy (non-hydrogen) atoms. The van der Waals surface area contributed by atoms with Crippen molar-refractivity contribution in [2.75, 3.05) is 6.61 Å². The molecule has 3 rings (SSSR count). The molecule has 2 aliphatic rings. The Hall–Kier alpha value is -2.09. The molecule has 0 aromatic heterocycles. The summed E-state index contributed by atoms with van der Waals surface area (Å²) in [5.41, 5.74) is 5.08. The molecule has 142 valence electrons. The summed E-state index contributed by atoms with van der Waals surface area (Å²) >= 11 is 0. The molecule has 2 unspecified atom stereocenters. The zero-order valence-corrected chi connectivity index (χ0v) is 17.2. The minimum absolute atomic E-state index is 0.0327. The fourth-order valence-corrected chi connectivity index (χ4v) is 3.06. The highest BCUT2D eigenvalue weighted by atomic mass is 16.5. The number of allylic oxidation sites excluding steroid dienone is 5. The maximum absolute atomic E-state index is 12.0. The van der Waals surface area contributed by atoms with Crippen LogP contribution in [-0.4, -0.2) is 12.6 Å². The van der Waals surface area contributed by atoms with Gasteiger partial charge in [0.15, 0.2) is 0 Å². The minimum Gasteiger partial charge on any atom is -0.464 e. The summed E-state index contributed by atoms with van der Waals surface area (Å²) in [5, 5.41) is 0. The Balaban J connectivity index is 0.000000791. The lowest BCUT2D eigenvalue weighted by Gasteiger charge is -2.17. The van der Waals surface area contributed by atoms with E-state index in [-0.39, 0.29) is 17.8 Å². The van der Waals surface area contributed by atoms with Gasteiger partial charge in [0.25, 0.3) is 0 Å². The van der Waals surface area contributed by atoms with Crippen LogP contribution in [0, 0.1) is 5.92 Å².